The Kier molecular flexibility index (Phi) is 5.90. The van der Waals surface area contributed by atoms with Gasteiger partial charge in [-0.05, 0) is 29.8 Å². The van der Waals surface area contributed by atoms with E-state index < -0.39 is 0 Å². The van der Waals surface area contributed by atoms with Crippen LogP contribution >= 0.6 is 0 Å². The summed E-state index contributed by atoms with van der Waals surface area (Å²) in [4.78, 5) is 34.0. The Balaban J connectivity index is 1.47. The molecule has 1 aliphatic heterocycles. The monoisotopic (exact) mass is 367 g/mol. The molecule has 0 bridgehead atoms. The van der Waals surface area contributed by atoms with Crippen LogP contribution in [0.2, 0.25) is 0 Å². The Morgan fingerprint density at radius 2 is 1.63 bits per heavy atom. The molecular formula is C20H25N5O2. The van der Waals surface area contributed by atoms with Gasteiger partial charge in [0.25, 0.3) is 5.91 Å². The number of benzene rings is 1. The van der Waals surface area contributed by atoms with Gasteiger partial charge >= 0.3 is 6.03 Å². The highest BCUT2D eigenvalue weighted by Gasteiger charge is 2.21. The Morgan fingerprint density at radius 3 is 2.22 bits per heavy atom. The molecule has 1 aromatic carbocycles. The van der Waals surface area contributed by atoms with E-state index in [9.17, 15) is 9.59 Å². The lowest BCUT2D eigenvalue weighted by Crippen LogP contribution is -2.51. The molecule has 0 unspecified atom stereocenters. The molecule has 0 atom stereocenters. The number of hydrogen-bond acceptors (Lipinski definition) is 4. The summed E-state index contributed by atoms with van der Waals surface area (Å²) in [7, 11) is 3.45. The minimum Gasteiger partial charge on any atom is -0.368 e. The van der Waals surface area contributed by atoms with Gasteiger partial charge in [-0.1, -0.05) is 12.1 Å². The second kappa shape index (κ2) is 8.53. The number of pyridine rings is 1. The maximum Gasteiger partial charge on any atom is 0.317 e. The largest absolute Gasteiger partial charge is 0.368 e. The number of anilines is 1. The van der Waals surface area contributed by atoms with E-state index in [0.717, 1.165) is 24.3 Å². The minimum absolute atomic E-state index is 0.0300. The fourth-order valence-electron chi connectivity index (χ4n) is 3.04. The van der Waals surface area contributed by atoms with Crippen molar-refractivity contribution in [2.75, 3.05) is 45.2 Å². The first-order valence-corrected chi connectivity index (χ1v) is 9.03. The van der Waals surface area contributed by atoms with Gasteiger partial charge in [-0.15, -0.1) is 0 Å². The van der Waals surface area contributed by atoms with Crippen molar-refractivity contribution in [3.05, 3.63) is 59.9 Å². The van der Waals surface area contributed by atoms with E-state index in [1.165, 1.54) is 0 Å². The molecule has 3 amide bonds. The molecule has 1 N–H and O–H groups in total. The third kappa shape index (κ3) is 4.75. The summed E-state index contributed by atoms with van der Waals surface area (Å²) in [6, 6.07) is 11.2. The topological polar surface area (TPSA) is 68.8 Å². The Labute approximate surface area is 159 Å². The lowest BCUT2D eigenvalue weighted by atomic mass is 10.1. The first kappa shape index (κ1) is 18.7. The summed E-state index contributed by atoms with van der Waals surface area (Å²) >= 11 is 0. The molecule has 1 aromatic heterocycles. The number of aromatic nitrogens is 1. The number of nitrogens with one attached hydrogen (secondary N) is 1. The van der Waals surface area contributed by atoms with Crippen molar-refractivity contribution in [1.82, 2.24) is 20.1 Å². The van der Waals surface area contributed by atoms with E-state index >= 15 is 0 Å². The second-order valence-corrected chi connectivity index (χ2v) is 6.73. The molecule has 0 spiro atoms. The molecule has 1 aliphatic rings. The van der Waals surface area contributed by atoms with Crippen LogP contribution in [0.5, 0.6) is 0 Å². The molecular weight excluding hydrogens is 342 g/mol. The average molecular weight is 367 g/mol. The van der Waals surface area contributed by atoms with Crippen molar-refractivity contribution in [3.8, 4) is 0 Å². The van der Waals surface area contributed by atoms with Crippen LogP contribution in [0.1, 0.15) is 15.9 Å². The van der Waals surface area contributed by atoms with Gasteiger partial charge in [-0.2, -0.15) is 0 Å². The number of amides is 3. The van der Waals surface area contributed by atoms with Gasteiger partial charge in [-0.3, -0.25) is 9.78 Å². The number of nitrogens with zero attached hydrogens (tertiary/aromatic N) is 4. The van der Waals surface area contributed by atoms with Gasteiger partial charge in [0, 0.05) is 70.5 Å². The zero-order valence-electron chi connectivity index (χ0n) is 15.8. The molecule has 0 saturated carbocycles. The first-order valence-electron chi connectivity index (χ1n) is 9.03. The highest BCUT2D eigenvalue weighted by atomic mass is 16.2. The molecule has 7 nitrogen and oxygen atoms in total. The van der Waals surface area contributed by atoms with E-state index in [-0.39, 0.29) is 11.9 Å². The predicted octanol–water partition coefficient (Wildman–Crippen LogP) is 1.82. The van der Waals surface area contributed by atoms with Crippen molar-refractivity contribution in [1.29, 1.82) is 0 Å². The maximum absolute atomic E-state index is 12.4. The van der Waals surface area contributed by atoms with E-state index in [1.54, 1.807) is 43.5 Å². The van der Waals surface area contributed by atoms with Crippen LogP contribution < -0.4 is 10.2 Å². The molecule has 2 aromatic rings. The molecule has 7 heteroatoms. The summed E-state index contributed by atoms with van der Waals surface area (Å²) < 4.78 is 0. The number of hydrogen-bond donors (Lipinski definition) is 1. The van der Waals surface area contributed by atoms with Crippen molar-refractivity contribution in [3.63, 3.8) is 0 Å². The second-order valence-electron chi connectivity index (χ2n) is 6.73. The zero-order valence-corrected chi connectivity index (χ0v) is 15.8. The van der Waals surface area contributed by atoms with Crippen LogP contribution in [0.25, 0.3) is 0 Å². The van der Waals surface area contributed by atoms with Crippen molar-refractivity contribution in [2.24, 2.45) is 0 Å². The van der Waals surface area contributed by atoms with E-state index in [0.29, 0.717) is 25.2 Å². The highest BCUT2D eigenvalue weighted by molar-refractivity contribution is 5.93. The third-order valence-electron chi connectivity index (χ3n) is 4.65. The Bertz CT molecular complexity index is 769. The first-order chi connectivity index (χ1) is 13.0. The molecule has 1 saturated heterocycles. The van der Waals surface area contributed by atoms with Crippen LogP contribution in [0.3, 0.4) is 0 Å². The van der Waals surface area contributed by atoms with E-state index in [2.05, 4.69) is 15.2 Å². The summed E-state index contributed by atoms with van der Waals surface area (Å²) in [5.41, 5.74) is 2.74. The predicted molar refractivity (Wildman–Crippen MR) is 105 cm³/mol. The molecule has 27 heavy (non-hydrogen) atoms. The zero-order chi connectivity index (χ0) is 19.2. The van der Waals surface area contributed by atoms with Gasteiger partial charge in [-0.25, -0.2) is 4.79 Å². The van der Waals surface area contributed by atoms with E-state index in [4.69, 9.17) is 0 Å². The molecule has 142 valence electrons. The van der Waals surface area contributed by atoms with Gasteiger partial charge in [0.05, 0.1) is 0 Å². The molecule has 3 rings (SSSR count). The fourth-order valence-corrected chi connectivity index (χ4v) is 3.04. The summed E-state index contributed by atoms with van der Waals surface area (Å²) in [6.07, 6.45) is 3.57. The van der Waals surface area contributed by atoms with Crippen LogP contribution in [0, 0.1) is 0 Å². The van der Waals surface area contributed by atoms with E-state index in [1.807, 2.05) is 29.2 Å². The summed E-state index contributed by atoms with van der Waals surface area (Å²) in [5.74, 6) is -0.0300. The van der Waals surface area contributed by atoms with Crippen molar-refractivity contribution < 1.29 is 9.59 Å². The van der Waals surface area contributed by atoms with Gasteiger partial charge < -0.3 is 20.0 Å². The van der Waals surface area contributed by atoms with Crippen molar-refractivity contribution >= 4 is 17.6 Å². The number of carbonyl (C=O) groups excluding carboxylic acids is 2. The number of piperazine rings is 1. The number of rotatable bonds is 4. The third-order valence-corrected chi connectivity index (χ3v) is 4.65. The smallest absolute Gasteiger partial charge is 0.317 e. The summed E-state index contributed by atoms with van der Waals surface area (Å²) in [6.45, 7) is 3.42. The summed E-state index contributed by atoms with van der Waals surface area (Å²) in [5, 5.41) is 2.96. The van der Waals surface area contributed by atoms with Gasteiger partial charge in [0.2, 0.25) is 0 Å². The average Bonchev–Trinajstić information content (AvgIpc) is 2.72. The Morgan fingerprint density at radius 1 is 1.00 bits per heavy atom. The van der Waals surface area contributed by atoms with Gasteiger partial charge in [0.15, 0.2) is 0 Å². The lowest BCUT2D eigenvalue weighted by Gasteiger charge is -2.36. The normalized spacial score (nSPS) is 14.0. The van der Waals surface area contributed by atoms with Crippen LogP contribution in [0.15, 0.2) is 48.8 Å². The highest BCUT2D eigenvalue weighted by Crippen LogP contribution is 2.15. The van der Waals surface area contributed by atoms with Gasteiger partial charge in [0.1, 0.15) is 0 Å². The SMILES string of the molecule is CN(C)C(=O)c1ccc(CNC(=O)N2CCN(c3ccncc3)CC2)cc1. The molecule has 1 fully saturated rings. The lowest BCUT2D eigenvalue weighted by molar-refractivity contribution is 0.0827. The molecule has 0 radical (unpaired) electrons. The Hall–Kier alpha value is -3.09. The van der Waals surface area contributed by atoms with Crippen LogP contribution in [0.4, 0.5) is 10.5 Å². The number of carbonyl (C=O) groups is 2. The molecule has 0 aliphatic carbocycles. The quantitative estimate of drug-likeness (QED) is 0.895. The maximum atomic E-state index is 12.4. The standard InChI is InChI=1S/C20H25N5O2/c1-23(2)19(26)17-5-3-16(4-6-17)15-22-20(27)25-13-11-24(12-14-25)18-7-9-21-10-8-18/h3-10H,11-15H2,1-2H3,(H,22,27). The molecule has 2 heterocycles. The minimum atomic E-state index is -0.0576. The van der Waals surface area contributed by atoms with Crippen molar-refractivity contribution in [2.45, 2.75) is 6.54 Å². The number of urea groups is 1. The van der Waals surface area contributed by atoms with Crippen LogP contribution in [-0.2, 0) is 6.54 Å². The van der Waals surface area contributed by atoms with Crippen LogP contribution in [-0.4, -0.2) is 67.0 Å². The fraction of sp³-hybridized carbons (Fsp3) is 0.350.